The number of aliphatic hydroxyl groups excluding tert-OH is 1. The Hall–Kier alpha value is -1.02. The Balaban J connectivity index is 3.02. The molecule has 0 fully saturated rings. The molecule has 0 aliphatic heterocycles. The fourth-order valence-corrected chi connectivity index (χ4v) is 1.44. The van der Waals surface area contributed by atoms with Gasteiger partial charge in [0, 0.05) is 5.56 Å². The van der Waals surface area contributed by atoms with E-state index in [0.29, 0.717) is 13.0 Å². The smallest absolute Gasteiger partial charge is 0.125 e. The Morgan fingerprint density at radius 3 is 2.64 bits per heavy atom. The van der Waals surface area contributed by atoms with Crippen LogP contribution in [0.1, 0.15) is 37.5 Å². The quantitative estimate of drug-likeness (QED) is 0.798. The summed E-state index contributed by atoms with van der Waals surface area (Å²) in [5.74, 6) is 0.799. The molecule has 0 spiro atoms. The van der Waals surface area contributed by atoms with Gasteiger partial charge in [-0.15, -0.1) is 0 Å². The summed E-state index contributed by atoms with van der Waals surface area (Å²) in [4.78, 5) is 0. The first-order valence-corrected chi connectivity index (χ1v) is 5.10. The summed E-state index contributed by atoms with van der Waals surface area (Å²) in [6.07, 6.45) is 0.292. The largest absolute Gasteiger partial charge is 0.493 e. The summed E-state index contributed by atoms with van der Waals surface area (Å²) in [7, 11) is 0. The topological polar surface area (TPSA) is 29.5 Å². The van der Waals surface area contributed by atoms with E-state index in [0.717, 1.165) is 16.9 Å². The van der Waals surface area contributed by atoms with Crippen molar-refractivity contribution in [1.29, 1.82) is 0 Å². The van der Waals surface area contributed by atoms with Crippen LogP contribution in [0.4, 0.5) is 0 Å². The van der Waals surface area contributed by atoms with Crippen LogP contribution >= 0.6 is 0 Å². The van der Waals surface area contributed by atoms with E-state index in [1.54, 1.807) is 0 Å². The van der Waals surface area contributed by atoms with Crippen molar-refractivity contribution in [3.8, 4) is 5.75 Å². The minimum Gasteiger partial charge on any atom is -0.493 e. The monoisotopic (exact) mass is 194 g/mol. The predicted molar refractivity (Wildman–Crippen MR) is 57.6 cm³/mol. The highest BCUT2D eigenvalue weighted by Crippen LogP contribution is 2.28. The summed E-state index contributed by atoms with van der Waals surface area (Å²) in [5, 5.41) is 9.78. The number of hydrogen-bond donors (Lipinski definition) is 1. The van der Waals surface area contributed by atoms with Gasteiger partial charge < -0.3 is 9.84 Å². The summed E-state index contributed by atoms with van der Waals surface area (Å²) in [5.41, 5.74) is 2.05. The standard InChI is InChI=1S/C12H18O2/c1-4-11(13)10-8-9(3)6-7-12(10)14-5-2/h6-8,11,13H,4-5H2,1-3H3/t11-/m1/s1. The average Bonchev–Trinajstić information content (AvgIpc) is 2.20. The van der Waals surface area contributed by atoms with Gasteiger partial charge in [0.15, 0.2) is 0 Å². The molecule has 0 saturated carbocycles. The van der Waals surface area contributed by atoms with E-state index in [1.807, 2.05) is 39.0 Å². The molecule has 0 unspecified atom stereocenters. The maximum Gasteiger partial charge on any atom is 0.125 e. The Labute approximate surface area is 85.5 Å². The maximum absolute atomic E-state index is 9.78. The first kappa shape index (κ1) is 11.1. The third-order valence-electron chi connectivity index (χ3n) is 2.21. The van der Waals surface area contributed by atoms with E-state index in [-0.39, 0.29) is 0 Å². The van der Waals surface area contributed by atoms with E-state index in [1.165, 1.54) is 0 Å². The van der Waals surface area contributed by atoms with Crippen molar-refractivity contribution in [3.63, 3.8) is 0 Å². The zero-order chi connectivity index (χ0) is 10.6. The number of ether oxygens (including phenoxy) is 1. The molecule has 0 amide bonds. The van der Waals surface area contributed by atoms with Crippen molar-refractivity contribution in [2.75, 3.05) is 6.61 Å². The molecule has 1 aromatic rings. The lowest BCUT2D eigenvalue weighted by atomic mass is 10.0. The predicted octanol–water partition coefficient (Wildman–Crippen LogP) is 2.84. The minimum atomic E-state index is -0.420. The summed E-state index contributed by atoms with van der Waals surface area (Å²) >= 11 is 0. The molecule has 14 heavy (non-hydrogen) atoms. The molecule has 0 radical (unpaired) electrons. The van der Waals surface area contributed by atoms with E-state index >= 15 is 0 Å². The van der Waals surface area contributed by atoms with Gasteiger partial charge in [0.2, 0.25) is 0 Å². The molecule has 2 nitrogen and oxygen atoms in total. The van der Waals surface area contributed by atoms with Crippen LogP contribution in [-0.2, 0) is 0 Å². The van der Waals surface area contributed by atoms with Crippen molar-refractivity contribution in [3.05, 3.63) is 29.3 Å². The zero-order valence-electron chi connectivity index (χ0n) is 9.08. The molecular formula is C12H18O2. The van der Waals surface area contributed by atoms with Gasteiger partial charge in [0.1, 0.15) is 5.75 Å². The van der Waals surface area contributed by atoms with Gasteiger partial charge in [-0.25, -0.2) is 0 Å². The van der Waals surface area contributed by atoms with Crippen LogP contribution in [0, 0.1) is 6.92 Å². The molecule has 1 rings (SSSR count). The number of aliphatic hydroxyl groups is 1. The third-order valence-corrected chi connectivity index (χ3v) is 2.21. The second-order valence-electron chi connectivity index (χ2n) is 3.40. The fourth-order valence-electron chi connectivity index (χ4n) is 1.44. The highest BCUT2D eigenvalue weighted by atomic mass is 16.5. The Morgan fingerprint density at radius 1 is 1.36 bits per heavy atom. The van der Waals surface area contributed by atoms with Crippen molar-refractivity contribution in [2.24, 2.45) is 0 Å². The Kier molecular flexibility index (Phi) is 3.96. The van der Waals surface area contributed by atoms with Gasteiger partial charge in [-0.05, 0) is 32.4 Å². The molecule has 0 aliphatic rings. The first-order valence-electron chi connectivity index (χ1n) is 5.10. The van der Waals surface area contributed by atoms with Gasteiger partial charge in [-0.3, -0.25) is 0 Å². The van der Waals surface area contributed by atoms with Crippen molar-refractivity contribution < 1.29 is 9.84 Å². The molecule has 0 bridgehead atoms. The molecule has 0 aromatic heterocycles. The second-order valence-corrected chi connectivity index (χ2v) is 3.40. The van der Waals surface area contributed by atoms with Crippen LogP contribution in [0.5, 0.6) is 5.75 Å². The van der Waals surface area contributed by atoms with E-state index < -0.39 is 6.10 Å². The molecular weight excluding hydrogens is 176 g/mol. The molecule has 1 N–H and O–H groups in total. The van der Waals surface area contributed by atoms with Gasteiger partial charge in [0.05, 0.1) is 12.7 Å². The van der Waals surface area contributed by atoms with Crippen LogP contribution in [-0.4, -0.2) is 11.7 Å². The first-order chi connectivity index (χ1) is 6.69. The van der Waals surface area contributed by atoms with Crippen LogP contribution < -0.4 is 4.74 Å². The average molecular weight is 194 g/mol. The van der Waals surface area contributed by atoms with Gasteiger partial charge in [-0.1, -0.05) is 18.6 Å². The number of aryl methyl sites for hydroxylation is 1. The Bertz CT molecular complexity index is 294. The summed E-state index contributed by atoms with van der Waals surface area (Å²) in [6, 6.07) is 5.91. The zero-order valence-corrected chi connectivity index (χ0v) is 9.08. The molecule has 0 heterocycles. The van der Waals surface area contributed by atoms with Crippen molar-refractivity contribution >= 4 is 0 Å². The SMILES string of the molecule is CCOc1ccc(C)cc1[C@H](O)CC. The van der Waals surface area contributed by atoms with E-state index in [2.05, 4.69) is 0 Å². The van der Waals surface area contributed by atoms with Crippen LogP contribution in [0.3, 0.4) is 0 Å². The Morgan fingerprint density at radius 2 is 2.07 bits per heavy atom. The minimum absolute atomic E-state index is 0.420. The van der Waals surface area contributed by atoms with Crippen LogP contribution in [0.15, 0.2) is 18.2 Å². The highest BCUT2D eigenvalue weighted by Gasteiger charge is 2.11. The third kappa shape index (κ3) is 2.48. The molecule has 1 aromatic carbocycles. The van der Waals surface area contributed by atoms with Crippen molar-refractivity contribution in [1.82, 2.24) is 0 Å². The van der Waals surface area contributed by atoms with Gasteiger partial charge >= 0.3 is 0 Å². The van der Waals surface area contributed by atoms with Gasteiger partial charge in [0.25, 0.3) is 0 Å². The number of rotatable bonds is 4. The lowest BCUT2D eigenvalue weighted by Crippen LogP contribution is -2.02. The maximum atomic E-state index is 9.78. The lowest BCUT2D eigenvalue weighted by Gasteiger charge is -2.14. The fraction of sp³-hybridized carbons (Fsp3) is 0.500. The molecule has 1 atom stereocenters. The molecule has 78 valence electrons. The second kappa shape index (κ2) is 5.01. The summed E-state index contributed by atoms with van der Waals surface area (Å²) in [6.45, 7) is 6.55. The number of hydrogen-bond acceptors (Lipinski definition) is 2. The molecule has 0 saturated heterocycles. The van der Waals surface area contributed by atoms with Crippen LogP contribution in [0.25, 0.3) is 0 Å². The lowest BCUT2D eigenvalue weighted by molar-refractivity contribution is 0.167. The normalized spacial score (nSPS) is 12.6. The summed E-state index contributed by atoms with van der Waals surface area (Å²) < 4.78 is 5.45. The number of benzene rings is 1. The van der Waals surface area contributed by atoms with Crippen LogP contribution in [0.2, 0.25) is 0 Å². The van der Waals surface area contributed by atoms with Crippen molar-refractivity contribution in [2.45, 2.75) is 33.3 Å². The van der Waals surface area contributed by atoms with Gasteiger partial charge in [-0.2, -0.15) is 0 Å². The van der Waals surface area contributed by atoms with E-state index in [9.17, 15) is 5.11 Å². The highest BCUT2D eigenvalue weighted by molar-refractivity contribution is 5.38. The molecule has 0 aliphatic carbocycles. The van der Waals surface area contributed by atoms with E-state index in [4.69, 9.17) is 4.74 Å². The molecule has 2 heteroatoms.